The molecule has 2 aromatic heterocycles. The van der Waals surface area contributed by atoms with E-state index in [4.69, 9.17) is 9.57 Å². The Morgan fingerprint density at radius 2 is 2.12 bits per heavy atom. The number of nitrogens with zero attached hydrogens (tertiary/aromatic N) is 3. The summed E-state index contributed by atoms with van der Waals surface area (Å²) < 4.78 is 46.4. The van der Waals surface area contributed by atoms with Crippen LogP contribution >= 0.6 is 22.7 Å². The number of halogens is 1. The SMILES string of the molecule is O=C(Nc1ncc(F)s1)C(=NOCc1nccs1)c1ccc(S(=O)(=O)NC[C@H]2CCCO2)cc1. The summed E-state index contributed by atoms with van der Waals surface area (Å²) in [5.41, 5.74) is 0.162. The lowest BCUT2D eigenvalue weighted by Crippen LogP contribution is -2.31. The number of aromatic nitrogens is 2. The maximum absolute atomic E-state index is 13.3. The topological polar surface area (TPSA) is 132 Å². The highest BCUT2D eigenvalue weighted by molar-refractivity contribution is 7.89. The summed E-state index contributed by atoms with van der Waals surface area (Å²) in [6.07, 6.45) is 4.18. The molecule has 0 radical (unpaired) electrons. The summed E-state index contributed by atoms with van der Waals surface area (Å²) in [6, 6.07) is 5.60. The van der Waals surface area contributed by atoms with Crippen molar-refractivity contribution in [3.63, 3.8) is 0 Å². The zero-order valence-electron chi connectivity index (χ0n) is 17.6. The van der Waals surface area contributed by atoms with E-state index in [-0.39, 0.29) is 35.0 Å². The van der Waals surface area contributed by atoms with Crippen LogP contribution < -0.4 is 10.0 Å². The van der Waals surface area contributed by atoms with Gasteiger partial charge in [0.15, 0.2) is 22.6 Å². The molecule has 10 nitrogen and oxygen atoms in total. The van der Waals surface area contributed by atoms with Gasteiger partial charge in [-0.1, -0.05) is 28.6 Å². The third-order valence-corrected chi connectivity index (χ3v) is 7.60. The number of sulfonamides is 1. The number of carbonyl (C=O) groups is 1. The van der Waals surface area contributed by atoms with Crippen LogP contribution in [0.1, 0.15) is 23.4 Å². The first kappa shape index (κ1) is 24.3. The summed E-state index contributed by atoms with van der Waals surface area (Å²) in [7, 11) is -3.76. The Morgan fingerprint density at radius 3 is 2.76 bits per heavy atom. The van der Waals surface area contributed by atoms with Gasteiger partial charge in [0.05, 0.1) is 17.2 Å². The largest absolute Gasteiger partial charge is 0.388 e. The van der Waals surface area contributed by atoms with E-state index in [2.05, 4.69) is 25.2 Å². The maximum Gasteiger partial charge on any atom is 0.280 e. The second-order valence-electron chi connectivity index (χ2n) is 7.07. The van der Waals surface area contributed by atoms with Crippen molar-refractivity contribution in [1.29, 1.82) is 0 Å². The van der Waals surface area contributed by atoms with E-state index in [1.807, 2.05) is 0 Å². The third-order valence-electron chi connectivity index (χ3n) is 4.70. The van der Waals surface area contributed by atoms with Gasteiger partial charge in [-0.3, -0.25) is 10.1 Å². The van der Waals surface area contributed by atoms with E-state index in [0.717, 1.165) is 19.0 Å². The number of anilines is 1. The molecular formula is C20H20FN5O5S3. The van der Waals surface area contributed by atoms with Crippen LogP contribution in [0, 0.1) is 5.13 Å². The highest BCUT2D eigenvalue weighted by Crippen LogP contribution is 2.18. The van der Waals surface area contributed by atoms with Crippen LogP contribution in [0.2, 0.25) is 0 Å². The fraction of sp³-hybridized carbons (Fsp3) is 0.300. The van der Waals surface area contributed by atoms with Crippen molar-refractivity contribution in [2.75, 3.05) is 18.5 Å². The predicted molar refractivity (Wildman–Crippen MR) is 125 cm³/mol. The van der Waals surface area contributed by atoms with Crippen molar-refractivity contribution < 1.29 is 27.2 Å². The summed E-state index contributed by atoms with van der Waals surface area (Å²) in [4.78, 5) is 26.0. The number of hydrogen-bond donors (Lipinski definition) is 2. The maximum atomic E-state index is 13.3. The second kappa shape index (κ2) is 11.1. The van der Waals surface area contributed by atoms with E-state index >= 15 is 0 Å². The zero-order chi connectivity index (χ0) is 24.0. The molecule has 14 heteroatoms. The van der Waals surface area contributed by atoms with Gasteiger partial charge in [-0.25, -0.2) is 23.1 Å². The molecule has 1 atom stereocenters. The molecular weight excluding hydrogens is 505 g/mol. The molecule has 180 valence electrons. The molecule has 0 aliphatic carbocycles. The number of rotatable bonds is 10. The predicted octanol–water partition coefficient (Wildman–Crippen LogP) is 2.76. The Morgan fingerprint density at radius 1 is 1.29 bits per heavy atom. The van der Waals surface area contributed by atoms with Crippen molar-refractivity contribution in [2.45, 2.75) is 30.4 Å². The number of thiazole rings is 2. The van der Waals surface area contributed by atoms with E-state index in [9.17, 15) is 17.6 Å². The monoisotopic (exact) mass is 525 g/mol. The molecule has 34 heavy (non-hydrogen) atoms. The highest BCUT2D eigenvalue weighted by atomic mass is 32.2. The molecule has 0 spiro atoms. The normalized spacial score (nSPS) is 16.5. The fourth-order valence-corrected chi connectivity index (χ4v) is 5.18. The van der Waals surface area contributed by atoms with Gasteiger partial charge in [-0.15, -0.1) is 11.3 Å². The quantitative estimate of drug-likeness (QED) is 0.307. The van der Waals surface area contributed by atoms with Crippen molar-refractivity contribution >= 4 is 49.4 Å². The number of hydrogen-bond acceptors (Lipinski definition) is 10. The number of nitrogens with one attached hydrogen (secondary N) is 2. The summed E-state index contributed by atoms with van der Waals surface area (Å²) in [5.74, 6) is -0.694. The molecule has 1 fully saturated rings. The van der Waals surface area contributed by atoms with Gasteiger partial charge >= 0.3 is 0 Å². The smallest absolute Gasteiger partial charge is 0.280 e. The number of amides is 1. The van der Waals surface area contributed by atoms with Crippen molar-refractivity contribution in [1.82, 2.24) is 14.7 Å². The lowest BCUT2D eigenvalue weighted by Gasteiger charge is -2.12. The molecule has 4 rings (SSSR count). The third kappa shape index (κ3) is 6.42. The number of carbonyl (C=O) groups excluding carboxylic acids is 1. The molecule has 0 unspecified atom stereocenters. The molecule has 2 N–H and O–H groups in total. The Kier molecular flexibility index (Phi) is 7.95. The van der Waals surface area contributed by atoms with Gasteiger partial charge in [-0.2, -0.15) is 4.39 Å². The lowest BCUT2D eigenvalue weighted by molar-refractivity contribution is -0.110. The average Bonchev–Trinajstić information content (AvgIpc) is 3.59. The average molecular weight is 526 g/mol. The van der Waals surface area contributed by atoms with Gasteiger partial charge in [0, 0.05) is 30.3 Å². The first-order valence-corrected chi connectivity index (χ1v) is 13.3. The summed E-state index contributed by atoms with van der Waals surface area (Å²) >= 11 is 2.02. The summed E-state index contributed by atoms with van der Waals surface area (Å²) in [5, 5.41) is 8.31. The summed E-state index contributed by atoms with van der Waals surface area (Å²) in [6.45, 7) is 0.859. The number of ether oxygens (including phenoxy) is 1. The van der Waals surface area contributed by atoms with Crippen molar-refractivity contribution in [3.8, 4) is 0 Å². The first-order chi connectivity index (χ1) is 16.4. The van der Waals surface area contributed by atoms with Crippen molar-refractivity contribution in [3.05, 3.63) is 57.7 Å². The first-order valence-electron chi connectivity index (χ1n) is 10.1. The van der Waals surface area contributed by atoms with Crippen LogP contribution in [0.3, 0.4) is 0 Å². The van der Waals surface area contributed by atoms with E-state index < -0.39 is 21.1 Å². The molecule has 1 aromatic carbocycles. The molecule has 0 saturated carbocycles. The van der Waals surface area contributed by atoms with Gasteiger partial charge < -0.3 is 9.57 Å². The molecule has 1 saturated heterocycles. The highest BCUT2D eigenvalue weighted by Gasteiger charge is 2.22. The van der Waals surface area contributed by atoms with E-state index in [1.54, 1.807) is 11.6 Å². The molecule has 1 aliphatic heterocycles. The number of oxime groups is 1. The minimum atomic E-state index is -3.76. The van der Waals surface area contributed by atoms with E-state index in [1.165, 1.54) is 35.6 Å². The van der Waals surface area contributed by atoms with Crippen LogP contribution in [0.25, 0.3) is 0 Å². The van der Waals surface area contributed by atoms with E-state index in [0.29, 0.717) is 28.5 Å². The number of benzene rings is 1. The van der Waals surface area contributed by atoms with Gasteiger partial charge in [-0.05, 0) is 25.0 Å². The Labute approximate surface area is 202 Å². The molecule has 1 aliphatic rings. The fourth-order valence-electron chi connectivity index (χ4n) is 3.05. The van der Waals surface area contributed by atoms with Crippen LogP contribution in [-0.4, -0.2) is 49.3 Å². The Hall–Kier alpha value is -2.78. The van der Waals surface area contributed by atoms with Gasteiger partial charge in [0.1, 0.15) is 5.01 Å². The Bertz CT molecular complexity index is 1240. The molecule has 0 bridgehead atoms. The van der Waals surface area contributed by atoms with Crippen LogP contribution in [-0.2, 0) is 31.0 Å². The van der Waals surface area contributed by atoms with Crippen LogP contribution in [0.4, 0.5) is 9.52 Å². The minimum Gasteiger partial charge on any atom is -0.388 e. The lowest BCUT2D eigenvalue weighted by atomic mass is 10.1. The molecule has 3 aromatic rings. The van der Waals surface area contributed by atoms with Gasteiger partial charge in [0.25, 0.3) is 5.91 Å². The zero-order valence-corrected chi connectivity index (χ0v) is 20.1. The van der Waals surface area contributed by atoms with Gasteiger partial charge in [0.2, 0.25) is 10.0 Å². The standard InChI is InChI=1S/C20H20FN5O5S3/c21-16-11-23-20(33-16)25-19(27)18(26-31-12-17-22-7-9-32-17)13-3-5-15(6-4-13)34(28,29)24-10-14-2-1-8-30-14/h3-7,9,11,14,24H,1-2,8,10,12H2,(H,23,25,27)/t14-/m1/s1. The van der Waals surface area contributed by atoms with Crippen molar-refractivity contribution in [2.24, 2.45) is 5.16 Å². The van der Waals surface area contributed by atoms with Crippen LogP contribution in [0.15, 0.2) is 52.1 Å². The second-order valence-corrected chi connectivity index (χ2v) is 10.8. The minimum absolute atomic E-state index is 0.0275. The van der Waals surface area contributed by atoms with Crippen LogP contribution in [0.5, 0.6) is 0 Å². The Balaban J connectivity index is 1.50. The molecule has 3 heterocycles. The molecule has 1 amide bonds.